The largest absolute Gasteiger partial charge is 0.368 e. The van der Waals surface area contributed by atoms with E-state index in [1.807, 2.05) is 12.1 Å². The summed E-state index contributed by atoms with van der Waals surface area (Å²) in [6, 6.07) is 14.7. The molecule has 0 bridgehead atoms. The molecular formula is C21H28N4O. The molecule has 0 unspecified atom stereocenters. The van der Waals surface area contributed by atoms with Gasteiger partial charge < -0.3 is 10.6 Å². The summed E-state index contributed by atoms with van der Waals surface area (Å²) in [4.78, 5) is 19.3. The highest BCUT2D eigenvalue weighted by atomic mass is 16.1. The molecule has 1 saturated heterocycles. The molecule has 0 saturated carbocycles. The number of nitrogens with zero attached hydrogens (tertiary/aromatic N) is 2. The quantitative estimate of drug-likeness (QED) is 0.837. The van der Waals surface area contributed by atoms with Crippen LogP contribution < -0.4 is 10.6 Å². The van der Waals surface area contributed by atoms with E-state index in [0.29, 0.717) is 5.56 Å². The highest BCUT2D eigenvalue weighted by molar-refractivity contribution is 5.95. The van der Waals surface area contributed by atoms with Crippen LogP contribution >= 0.6 is 0 Å². The predicted octanol–water partition coefficient (Wildman–Crippen LogP) is 3.30. The third-order valence-electron chi connectivity index (χ3n) is 4.63. The zero-order valence-electron chi connectivity index (χ0n) is 15.6. The summed E-state index contributed by atoms with van der Waals surface area (Å²) in [5.41, 5.74) is 2.01. The Labute approximate surface area is 155 Å². The number of amides is 1. The molecule has 2 aromatic rings. The van der Waals surface area contributed by atoms with E-state index in [1.54, 1.807) is 12.3 Å². The number of hydrogen-bond acceptors (Lipinski definition) is 4. The van der Waals surface area contributed by atoms with Crippen molar-refractivity contribution in [2.24, 2.45) is 0 Å². The van der Waals surface area contributed by atoms with Gasteiger partial charge in [-0.25, -0.2) is 4.98 Å². The molecule has 2 heterocycles. The van der Waals surface area contributed by atoms with E-state index < -0.39 is 0 Å². The van der Waals surface area contributed by atoms with Crippen molar-refractivity contribution in [1.82, 2.24) is 15.2 Å². The molecule has 5 nitrogen and oxygen atoms in total. The van der Waals surface area contributed by atoms with Crippen LogP contribution in [0.25, 0.3) is 0 Å². The van der Waals surface area contributed by atoms with Crippen LogP contribution in [0.3, 0.4) is 0 Å². The molecule has 0 radical (unpaired) electrons. The summed E-state index contributed by atoms with van der Waals surface area (Å²) in [6.07, 6.45) is 3.66. The minimum absolute atomic E-state index is 0.0132. The molecule has 5 heteroatoms. The molecule has 1 fully saturated rings. The number of likely N-dealkylation sites (tertiary alicyclic amines) is 1. The number of carbonyl (C=O) groups excluding carboxylic acids is 1. The lowest BCUT2D eigenvalue weighted by atomic mass is 10.0. The van der Waals surface area contributed by atoms with Gasteiger partial charge in [0, 0.05) is 43.5 Å². The van der Waals surface area contributed by atoms with Crippen LogP contribution in [0, 0.1) is 0 Å². The average molecular weight is 352 g/mol. The van der Waals surface area contributed by atoms with Gasteiger partial charge in [0.15, 0.2) is 0 Å². The van der Waals surface area contributed by atoms with Crippen LogP contribution in [0.4, 0.5) is 5.82 Å². The van der Waals surface area contributed by atoms with Crippen LogP contribution in [0.1, 0.15) is 42.6 Å². The van der Waals surface area contributed by atoms with Crippen molar-refractivity contribution in [1.29, 1.82) is 0 Å². The molecule has 1 amide bonds. The lowest BCUT2D eigenvalue weighted by Crippen LogP contribution is -2.44. The second-order valence-electron chi connectivity index (χ2n) is 7.24. The summed E-state index contributed by atoms with van der Waals surface area (Å²) >= 11 is 0. The zero-order valence-corrected chi connectivity index (χ0v) is 15.6. The molecule has 0 aliphatic carbocycles. The van der Waals surface area contributed by atoms with Gasteiger partial charge >= 0.3 is 0 Å². The Balaban J connectivity index is 1.49. The third-order valence-corrected chi connectivity index (χ3v) is 4.63. The number of pyridine rings is 1. The zero-order chi connectivity index (χ0) is 18.4. The lowest BCUT2D eigenvalue weighted by Gasteiger charge is -2.32. The lowest BCUT2D eigenvalue weighted by molar-refractivity contribution is 0.0909. The standard InChI is InChI=1S/C21H28N4O/c1-16(2)23-20-14-18(8-11-22-20)21(26)24-19-9-12-25(13-10-19)15-17-6-4-3-5-7-17/h3-8,11,14,16,19H,9-10,12-13,15H2,1-2H3,(H,22,23)(H,24,26). The molecule has 1 aliphatic heterocycles. The van der Waals surface area contributed by atoms with E-state index in [0.717, 1.165) is 38.3 Å². The van der Waals surface area contributed by atoms with Crippen molar-refractivity contribution < 1.29 is 4.79 Å². The molecule has 1 aliphatic rings. The molecule has 26 heavy (non-hydrogen) atoms. The molecule has 0 atom stereocenters. The van der Waals surface area contributed by atoms with Crippen LogP contribution in [0.2, 0.25) is 0 Å². The Hall–Kier alpha value is -2.40. The minimum atomic E-state index is -0.0132. The predicted molar refractivity (Wildman–Crippen MR) is 105 cm³/mol. The molecule has 2 N–H and O–H groups in total. The number of aromatic nitrogens is 1. The number of anilines is 1. The van der Waals surface area contributed by atoms with Gasteiger partial charge in [-0.3, -0.25) is 9.69 Å². The van der Waals surface area contributed by atoms with E-state index in [9.17, 15) is 4.79 Å². The molecular weight excluding hydrogens is 324 g/mol. The van der Waals surface area contributed by atoms with Gasteiger partial charge in [0.05, 0.1) is 0 Å². The van der Waals surface area contributed by atoms with Crippen molar-refractivity contribution >= 4 is 11.7 Å². The highest BCUT2D eigenvalue weighted by Gasteiger charge is 2.21. The van der Waals surface area contributed by atoms with Crippen molar-refractivity contribution in [2.45, 2.75) is 45.3 Å². The fourth-order valence-electron chi connectivity index (χ4n) is 3.29. The smallest absolute Gasteiger partial charge is 0.251 e. The maximum atomic E-state index is 12.5. The molecule has 0 spiro atoms. The summed E-state index contributed by atoms with van der Waals surface area (Å²) in [5, 5.41) is 6.41. The Morgan fingerprint density at radius 2 is 1.92 bits per heavy atom. The highest BCUT2D eigenvalue weighted by Crippen LogP contribution is 2.15. The van der Waals surface area contributed by atoms with E-state index >= 15 is 0 Å². The summed E-state index contributed by atoms with van der Waals surface area (Å²) < 4.78 is 0. The number of benzene rings is 1. The Kier molecular flexibility index (Phi) is 6.23. The average Bonchev–Trinajstić information content (AvgIpc) is 2.64. The Bertz CT molecular complexity index is 709. The van der Waals surface area contributed by atoms with Crippen molar-refractivity contribution in [3.8, 4) is 0 Å². The first-order valence-electron chi connectivity index (χ1n) is 9.40. The molecule has 138 valence electrons. The van der Waals surface area contributed by atoms with Gasteiger partial charge in [-0.05, 0) is 44.4 Å². The van der Waals surface area contributed by atoms with E-state index in [4.69, 9.17) is 0 Å². The first-order valence-corrected chi connectivity index (χ1v) is 9.40. The maximum absolute atomic E-state index is 12.5. The summed E-state index contributed by atoms with van der Waals surface area (Å²) in [6.45, 7) is 7.11. The van der Waals surface area contributed by atoms with Gasteiger partial charge in [0.1, 0.15) is 5.82 Å². The fraction of sp³-hybridized carbons (Fsp3) is 0.429. The van der Waals surface area contributed by atoms with E-state index in [2.05, 4.69) is 58.6 Å². The monoisotopic (exact) mass is 352 g/mol. The van der Waals surface area contributed by atoms with Crippen molar-refractivity contribution in [3.63, 3.8) is 0 Å². The number of nitrogens with one attached hydrogen (secondary N) is 2. The Morgan fingerprint density at radius 1 is 1.19 bits per heavy atom. The molecule has 1 aromatic carbocycles. The molecule has 3 rings (SSSR count). The van der Waals surface area contributed by atoms with Gasteiger partial charge in [0.25, 0.3) is 5.91 Å². The van der Waals surface area contributed by atoms with Crippen molar-refractivity contribution in [2.75, 3.05) is 18.4 Å². The maximum Gasteiger partial charge on any atom is 0.251 e. The van der Waals surface area contributed by atoms with Gasteiger partial charge in [-0.2, -0.15) is 0 Å². The first-order chi connectivity index (χ1) is 12.6. The summed E-state index contributed by atoms with van der Waals surface area (Å²) in [5.74, 6) is 0.728. The Morgan fingerprint density at radius 3 is 2.62 bits per heavy atom. The SMILES string of the molecule is CC(C)Nc1cc(C(=O)NC2CCN(Cc3ccccc3)CC2)ccn1. The van der Waals surface area contributed by atoms with Crippen LogP contribution in [0.5, 0.6) is 0 Å². The number of carbonyl (C=O) groups is 1. The second kappa shape index (κ2) is 8.81. The van der Waals surface area contributed by atoms with Crippen molar-refractivity contribution in [3.05, 3.63) is 59.8 Å². The number of rotatable bonds is 6. The third kappa shape index (κ3) is 5.30. The normalized spacial score (nSPS) is 15.8. The summed E-state index contributed by atoms with van der Waals surface area (Å²) in [7, 11) is 0. The first kappa shape index (κ1) is 18.4. The van der Waals surface area contributed by atoms with Crippen LogP contribution in [0.15, 0.2) is 48.7 Å². The minimum Gasteiger partial charge on any atom is -0.368 e. The van der Waals surface area contributed by atoms with Gasteiger partial charge in [-0.15, -0.1) is 0 Å². The van der Waals surface area contributed by atoms with Gasteiger partial charge in [0.2, 0.25) is 0 Å². The number of hydrogen-bond donors (Lipinski definition) is 2. The second-order valence-corrected chi connectivity index (χ2v) is 7.24. The van der Waals surface area contributed by atoms with E-state index in [1.165, 1.54) is 5.56 Å². The van der Waals surface area contributed by atoms with E-state index in [-0.39, 0.29) is 18.0 Å². The number of piperidine rings is 1. The van der Waals surface area contributed by atoms with Gasteiger partial charge in [-0.1, -0.05) is 30.3 Å². The van der Waals surface area contributed by atoms with Crippen LogP contribution in [-0.4, -0.2) is 41.0 Å². The molecule has 1 aromatic heterocycles. The topological polar surface area (TPSA) is 57.3 Å². The van der Waals surface area contributed by atoms with Crippen LogP contribution in [-0.2, 0) is 6.54 Å². The fourth-order valence-corrected chi connectivity index (χ4v) is 3.29.